The van der Waals surface area contributed by atoms with Crippen LogP contribution in [0.4, 0.5) is 21.3 Å². The molecule has 0 saturated carbocycles. The third kappa shape index (κ3) is 5.23. The average Bonchev–Trinajstić information content (AvgIpc) is 3.49. The van der Waals surface area contributed by atoms with Gasteiger partial charge in [0.15, 0.2) is 0 Å². The zero-order valence-corrected chi connectivity index (χ0v) is 19.6. The van der Waals surface area contributed by atoms with Crippen molar-refractivity contribution in [1.29, 1.82) is 0 Å². The Morgan fingerprint density at radius 2 is 1.91 bits per heavy atom. The molecule has 1 unspecified atom stereocenters. The summed E-state index contributed by atoms with van der Waals surface area (Å²) in [5, 5.41) is 15.1. The summed E-state index contributed by atoms with van der Waals surface area (Å²) in [7, 11) is 5.53. The van der Waals surface area contributed by atoms with Crippen LogP contribution in [0.1, 0.15) is 12.8 Å². The van der Waals surface area contributed by atoms with Crippen LogP contribution >= 0.6 is 11.3 Å². The summed E-state index contributed by atoms with van der Waals surface area (Å²) in [5.74, 6) is 0.380. The summed E-state index contributed by atoms with van der Waals surface area (Å²) in [4.78, 5) is 29.3. The lowest BCUT2D eigenvalue weighted by atomic mass is 10.2. The third-order valence-electron chi connectivity index (χ3n) is 5.42. The van der Waals surface area contributed by atoms with Crippen molar-refractivity contribution < 1.29 is 14.3 Å². The number of benzene rings is 2. The number of aromatic nitrogens is 2. The second-order valence-corrected chi connectivity index (χ2v) is 8.83. The van der Waals surface area contributed by atoms with Gasteiger partial charge in [0.05, 0.1) is 7.11 Å². The normalized spacial score (nSPS) is 15.2. The van der Waals surface area contributed by atoms with E-state index >= 15 is 0 Å². The molecule has 1 aliphatic rings. The topological polar surface area (TPSA) is 99.7 Å². The Hall–Kier alpha value is -3.66. The van der Waals surface area contributed by atoms with E-state index < -0.39 is 6.04 Å². The van der Waals surface area contributed by atoms with Crippen LogP contribution in [0.15, 0.2) is 48.5 Å². The van der Waals surface area contributed by atoms with Gasteiger partial charge < -0.3 is 19.9 Å². The van der Waals surface area contributed by atoms with Crippen molar-refractivity contribution in [2.45, 2.75) is 18.9 Å². The molecule has 3 amide bonds. The van der Waals surface area contributed by atoms with E-state index in [1.54, 1.807) is 36.3 Å². The van der Waals surface area contributed by atoms with Crippen LogP contribution in [-0.2, 0) is 4.79 Å². The van der Waals surface area contributed by atoms with Crippen molar-refractivity contribution >= 4 is 39.8 Å². The van der Waals surface area contributed by atoms with Gasteiger partial charge in [-0.1, -0.05) is 17.4 Å². The summed E-state index contributed by atoms with van der Waals surface area (Å²) in [6.45, 7) is 0.507. The molecule has 0 radical (unpaired) electrons. The van der Waals surface area contributed by atoms with Crippen LogP contribution in [0.5, 0.6) is 5.75 Å². The number of anilines is 3. The number of rotatable bonds is 6. The zero-order valence-electron chi connectivity index (χ0n) is 18.7. The largest absolute Gasteiger partial charge is 0.497 e. The van der Waals surface area contributed by atoms with Gasteiger partial charge in [0.1, 0.15) is 16.8 Å². The van der Waals surface area contributed by atoms with Crippen molar-refractivity contribution in [3.05, 3.63) is 48.5 Å². The highest BCUT2D eigenvalue weighted by atomic mass is 32.1. The molecule has 33 heavy (non-hydrogen) atoms. The number of carbonyl (C=O) groups is 2. The number of nitrogens with one attached hydrogen (secondary N) is 2. The molecule has 2 heterocycles. The molecule has 0 aliphatic carbocycles. The number of nitrogens with zero attached hydrogens (tertiary/aromatic N) is 4. The monoisotopic (exact) mass is 466 g/mol. The lowest BCUT2D eigenvalue weighted by molar-refractivity contribution is -0.119. The SMILES string of the molecule is COc1cccc(NC(=O)N2CCCC2C(=O)Nc2nnc(-c3ccc(N(C)C)cc3)s2)c1. The lowest BCUT2D eigenvalue weighted by Gasteiger charge is -2.23. The number of amides is 3. The number of urea groups is 1. The van der Waals surface area contributed by atoms with Crippen molar-refractivity contribution in [1.82, 2.24) is 15.1 Å². The first-order chi connectivity index (χ1) is 15.9. The molecular formula is C23H26N6O3S. The first-order valence-corrected chi connectivity index (χ1v) is 11.4. The molecule has 10 heteroatoms. The highest BCUT2D eigenvalue weighted by Gasteiger charge is 2.34. The molecular weight excluding hydrogens is 440 g/mol. The Labute approximate surface area is 196 Å². The van der Waals surface area contributed by atoms with Gasteiger partial charge in [0.25, 0.3) is 0 Å². The highest BCUT2D eigenvalue weighted by Crippen LogP contribution is 2.29. The molecule has 3 aromatic rings. The van der Waals surface area contributed by atoms with Crippen LogP contribution in [0.3, 0.4) is 0 Å². The second kappa shape index (κ2) is 9.86. The van der Waals surface area contributed by atoms with E-state index in [9.17, 15) is 9.59 Å². The van der Waals surface area contributed by atoms with E-state index in [-0.39, 0.29) is 11.9 Å². The quantitative estimate of drug-likeness (QED) is 0.571. The molecule has 9 nitrogen and oxygen atoms in total. The Morgan fingerprint density at radius 1 is 1.12 bits per heavy atom. The number of carbonyl (C=O) groups excluding carboxylic acids is 2. The maximum atomic E-state index is 12.9. The third-order valence-corrected chi connectivity index (χ3v) is 6.31. The molecule has 0 bridgehead atoms. The fraction of sp³-hybridized carbons (Fsp3) is 0.304. The second-order valence-electron chi connectivity index (χ2n) is 7.86. The predicted octanol–water partition coefficient (Wildman–Crippen LogP) is 3.91. The Balaban J connectivity index is 1.40. The number of hydrogen-bond donors (Lipinski definition) is 2. The van der Waals surface area contributed by atoms with Crippen LogP contribution in [0, 0.1) is 0 Å². The van der Waals surface area contributed by atoms with Gasteiger partial charge in [-0.2, -0.15) is 0 Å². The Kier molecular flexibility index (Phi) is 6.74. The van der Waals surface area contributed by atoms with E-state index in [2.05, 4.69) is 20.8 Å². The maximum absolute atomic E-state index is 12.9. The summed E-state index contributed by atoms with van der Waals surface area (Å²) in [6.07, 6.45) is 1.35. The molecule has 1 fully saturated rings. The number of likely N-dealkylation sites (tertiary alicyclic amines) is 1. The van der Waals surface area contributed by atoms with Crippen molar-refractivity contribution in [2.24, 2.45) is 0 Å². The van der Waals surface area contributed by atoms with E-state index in [1.807, 2.05) is 43.3 Å². The average molecular weight is 467 g/mol. The number of hydrogen-bond acceptors (Lipinski definition) is 7. The molecule has 1 saturated heterocycles. The lowest BCUT2D eigenvalue weighted by Crippen LogP contribution is -2.45. The van der Waals surface area contributed by atoms with Gasteiger partial charge in [-0.15, -0.1) is 10.2 Å². The van der Waals surface area contributed by atoms with Gasteiger partial charge in [0.2, 0.25) is 11.0 Å². The highest BCUT2D eigenvalue weighted by molar-refractivity contribution is 7.18. The van der Waals surface area contributed by atoms with Gasteiger partial charge >= 0.3 is 6.03 Å². The van der Waals surface area contributed by atoms with E-state index in [4.69, 9.17) is 4.74 Å². The fourth-order valence-corrected chi connectivity index (χ4v) is 4.41. The van der Waals surface area contributed by atoms with Crippen molar-refractivity contribution in [2.75, 3.05) is 43.3 Å². The van der Waals surface area contributed by atoms with Crippen LogP contribution in [0.2, 0.25) is 0 Å². The minimum absolute atomic E-state index is 0.265. The standard InChI is InChI=1S/C23H26N6O3S/c1-28(2)17-11-9-15(10-12-17)21-26-27-22(33-21)25-20(30)19-8-5-13-29(19)23(31)24-16-6-4-7-18(14-16)32-3/h4,6-7,9-12,14,19H,5,8,13H2,1-3H3,(H,24,31)(H,25,27,30). The molecule has 4 rings (SSSR count). The maximum Gasteiger partial charge on any atom is 0.322 e. The fourth-order valence-electron chi connectivity index (χ4n) is 3.66. The molecule has 0 spiro atoms. The zero-order chi connectivity index (χ0) is 23.4. The first-order valence-electron chi connectivity index (χ1n) is 10.6. The summed E-state index contributed by atoms with van der Waals surface area (Å²) in [6, 6.07) is 14.2. The van der Waals surface area contributed by atoms with E-state index in [0.717, 1.165) is 22.7 Å². The van der Waals surface area contributed by atoms with Crippen molar-refractivity contribution in [3.63, 3.8) is 0 Å². The first kappa shape index (κ1) is 22.5. The molecule has 1 aromatic heterocycles. The number of methoxy groups -OCH3 is 1. The van der Waals surface area contributed by atoms with E-state index in [0.29, 0.717) is 29.5 Å². The molecule has 172 valence electrons. The predicted molar refractivity (Wildman–Crippen MR) is 130 cm³/mol. The van der Waals surface area contributed by atoms with E-state index in [1.165, 1.54) is 11.3 Å². The van der Waals surface area contributed by atoms with Gasteiger partial charge in [-0.3, -0.25) is 10.1 Å². The Morgan fingerprint density at radius 3 is 2.64 bits per heavy atom. The van der Waals surface area contributed by atoms with Crippen LogP contribution < -0.4 is 20.3 Å². The van der Waals surface area contributed by atoms with Gasteiger partial charge in [-0.25, -0.2) is 4.79 Å². The molecule has 1 atom stereocenters. The van der Waals surface area contributed by atoms with Gasteiger partial charge in [0, 0.05) is 43.6 Å². The van der Waals surface area contributed by atoms with Crippen molar-refractivity contribution in [3.8, 4) is 16.3 Å². The summed E-state index contributed by atoms with van der Waals surface area (Å²) >= 11 is 1.30. The summed E-state index contributed by atoms with van der Waals surface area (Å²) < 4.78 is 5.19. The summed E-state index contributed by atoms with van der Waals surface area (Å²) in [5.41, 5.74) is 2.63. The Bertz CT molecular complexity index is 1130. The molecule has 1 aliphatic heterocycles. The minimum Gasteiger partial charge on any atom is -0.497 e. The molecule has 2 aromatic carbocycles. The minimum atomic E-state index is -0.567. The van der Waals surface area contributed by atoms with Gasteiger partial charge in [-0.05, 0) is 49.2 Å². The number of ether oxygens (including phenoxy) is 1. The van der Waals surface area contributed by atoms with Crippen LogP contribution in [0.25, 0.3) is 10.6 Å². The smallest absolute Gasteiger partial charge is 0.322 e. The molecule has 2 N–H and O–H groups in total. The van der Waals surface area contributed by atoms with Crippen LogP contribution in [-0.4, -0.2) is 60.8 Å².